The summed E-state index contributed by atoms with van der Waals surface area (Å²) in [6.07, 6.45) is 10.4. The molecule has 9 atom stereocenters. The molecular weight excluding hydrogens is 894 g/mol. The Morgan fingerprint density at radius 3 is 2.46 bits per heavy atom. The number of hydrogen-bond donors (Lipinski definition) is 2. The molecular formula is C48H70ClN3O11S2. The van der Waals surface area contributed by atoms with Crippen LogP contribution in [0, 0.1) is 11.8 Å². The second-order valence-electron chi connectivity index (χ2n) is 18.4. The van der Waals surface area contributed by atoms with E-state index in [0.29, 0.717) is 35.8 Å². The number of benzene rings is 1. The summed E-state index contributed by atoms with van der Waals surface area (Å²) in [7, 11) is 9.32. The molecule has 1 aromatic rings. The second kappa shape index (κ2) is 23.6. The Labute approximate surface area is 398 Å². The van der Waals surface area contributed by atoms with E-state index in [1.165, 1.54) is 43.3 Å². The van der Waals surface area contributed by atoms with Gasteiger partial charge in [0.2, 0.25) is 11.8 Å². The number of carbonyl (C=O) groups excluding carboxylic acids is 5. The standard InChI is InChI=1S/C48H70ClN3O11S2/c1-29-16-15-19-39(60-9)48(58)28-38(61-46(57)50-48)31(3)44-47(5,63-44)40(27-42(55)52(7)35-25-33(24-29)26-37(59-8)43(35)49)62-45(56)32(4)51(6)41(54)22-23-64-65-30(2)20-21-36(53)34-17-13-11-10-12-14-18-34/h15-16,19,25-26,30-32,34,38-40,44,58H,10-14,17-18,20-24,27-28H2,1-9H3,(H,50,57)/b19-15+,29-16+/t30?,31-,32+,38+,39-,40+,44+,47-,48+/m1/s1. The van der Waals surface area contributed by atoms with E-state index in [-0.39, 0.29) is 41.4 Å². The van der Waals surface area contributed by atoms with Crippen LogP contribution in [0.5, 0.6) is 5.75 Å². The third-order valence-corrected chi connectivity index (χ3v) is 16.9. The molecule has 17 heteroatoms. The normalized spacial score (nSPS) is 30.2. The Morgan fingerprint density at radius 2 is 1.78 bits per heavy atom. The zero-order chi connectivity index (χ0) is 47.6. The molecule has 1 aromatic carbocycles. The summed E-state index contributed by atoms with van der Waals surface area (Å²) >= 11 is 6.82. The fourth-order valence-corrected chi connectivity index (χ4v) is 11.7. The molecule has 2 N–H and O–H groups in total. The van der Waals surface area contributed by atoms with Crippen LogP contribution in [-0.4, -0.2) is 121 Å². The van der Waals surface area contributed by atoms with Crippen molar-refractivity contribution in [3.05, 3.63) is 46.5 Å². The molecule has 0 radical (unpaired) electrons. The Balaban J connectivity index is 1.29. The van der Waals surface area contributed by atoms with E-state index < -0.39 is 65.7 Å². The fraction of sp³-hybridized carbons (Fsp3) is 0.688. The number of fused-ring (bicyclic) bond motifs is 5. The van der Waals surface area contributed by atoms with Crippen LogP contribution in [0.1, 0.15) is 117 Å². The molecule has 1 saturated carbocycles. The summed E-state index contributed by atoms with van der Waals surface area (Å²) in [4.78, 5) is 70.4. The molecule has 0 aromatic heterocycles. The molecule has 3 amide bonds. The summed E-state index contributed by atoms with van der Waals surface area (Å²) < 4.78 is 29.5. The summed E-state index contributed by atoms with van der Waals surface area (Å²) in [5, 5.41) is 14.8. The van der Waals surface area contributed by atoms with Gasteiger partial charge >= 0.3 is 12.1 Å². The highest BCUT2D eigenvalue weighted by Crippen LogP contribution is 2.49. The fourth-order valence-electron chi connectivity index (χ4n) is 9.06. The predicted octanol–water partition coefficient (Wildman–Crippen LogP) is 8.38. The lowest BCUT2D eigenvalue weighted by Crippen LogP contribution is -2.63. The molecule has 2 saturated heterocycles. The number of hydrogen-bond acceptors (Lipinski definition) is 13. The maximum absolute atomic E-state index is 14.3. The van der Waals surface area contributed by atoms with Gasteiger partial charge in [0.25, 0.3) is 0 Å². The summed E-state index contributed by atoms with van der Waals surface area (Å²) in [6, 6.07) is 2.59. The van der Waals surface area contributed by atoms with Crippen molar-refractivity contribution in [3.8, 4) is 5.75 Å². The van der Waals surface area contributed by atoms with Crippen molar-refractivity contribution in [2.45, 2.75) is 165 Å². The molecule has 3 fully saturated rings. The maximum Gasteiger partial charge on any atom is 0.409 e. The zero-order valence-corrected chi connectivity index (χ0v) is 41.9. The number of epoxide rings is 1. The Kier molecular flexibility index (Phi) is 19.2. The molecule has 4 aliphatic rings. The molecule has 14 nitrogen and oxygen atoms in total. The number of ether oxygens (including phenoxy) is 5. The van der Waals surface area contributed by atoms with E-state index in [9.17, 15) is 29.1 Å². The van der Waals surface area contributed by atoms with Crippen LogP contribution in [-0.2, 0) is 44.5 Å². The number of carbonyl (C=O) groups is 5. The number of Topliss-reactive ketones (excluding diaryl/α,β-unsaturated/α-hetero) is 1. The predicted molar refractivity (Wildman–Crippen MR) is 255 cm³/mol. The Morgan fingerprint density at radius 1 is 1.09 bits per heavy atom. The molecule has 4 bridgehead atoms. The van der Waals surface area contributed by atoms with Gasteiger partial charge in [-0.1, -0.05) is 103 Å². The number of methoxy groups -OCH3 is 2. The average molecular weight is 965 g/mol. The van der Waals surface area contributed by atoms with Crippen LogP contribution < -0.4 is 15.0 Å². The van der Waals surface area contributed by atoms with Gasteiger partial charge in [-0.15, -0.1) is 0 Å². The van der Waals surface area contributed by atoms with E-state index in [1.54, 1.807) is 80.7 Å². The Bertz CT molecular complexity index is 1930. The van der Waals surface area contributed by atoms with E-state index >= 15 is 0 Å². The number of allylic oxidation sites excluding steroid dienone is 3. The first-order valence-corrected chi connectivity index (χ1v) is 25.7. The van der Waals surface area contributed by atoms with Crippen LogP contribution in [0.2, 0.25) is 5.02 Å². The van der Waals surface area contributed by atoms with Gasteiger partial charge in [0, 0.05) is 63.3 Å². The molecule has 5 rings (SSSR count). The first kappa shape index (κ1) is 52.7. The molecule has 3 aliphatic heterocycles. The van der Waals surface area contributed by atoms with Crippen LogP contribution in [0.15, 0.2) is 35.9 Å². The van der Waals surface area contributed by atoms with Crippen molar-refractivity contribution >= 4 is 68.5 Å². The molecule has 1 unspecified atom stereocenters. The van der Waals surface area contributed by atoms with Crippen LogP contribution in [0.4, 0.5) is 10.5 Å². The number of ketones is 1. The number of alkyl carbamates (subject to hydrolysis) is 1. The first-order valence-electron chi connectivity index (χ1n) is 23.0. The number of rotatable bonds is 14. The monoisotopic (exact) mass is 963 g/mol. The zero-order valence-electron chi connectivity index (χ0n) is 39.5. The molecule has 3 heterocycles. The van der Waals surface area contributed by atoms with Gasteiger partial charge in [0.05, 0.1) is 25.3 Å². The number of likely N-dealkylation sites (N-methyl/N-ethyl adjacent to an activating group) is 1. The number of nitrogens with zero attached hydrogens (tertiary/aromatic N) is 2. The topological polar surface area (TPSA) is 174 Å². The summed E-state index contributed by atoms with van der Waals surface area (Å²) in [5.74, 6) is -0.480. The highest BCUT2D eigenvalue weighted by molar-refractivity contribution is 8.76. The van der Waals surface area contributed by atoms with Crippen molar-refractivity contribution in [2.24, 2.45) is 11.8 Å². The van der Waals surface area contributed by atoms with Crippen molar-refractivity contribution in [1.82, 2.24) is 10.2 Å². The third-order valence-electron chi connectivity index (χ3n) is 13.5. The van der Waals surface area contributed by atoms with Crippen LogP contribution >= 0.6 is 33.2 Å². The lowest BCUT2D eigenvalue weighted by Gasteiger charge is -2.42. The number of anilines is 1. The quantitative estimate of drug-likeness (QED) is 0.0789. The Hall–Kier alpha value is -3.28. The van der Waals surface area contributed by atoms with Gasteiger partial charge < -0.3 is 38.6 Å². The minimum absolute atomic E-state index is 0.0582. The van der Waals surface area contributed by atoms with Gasteiger partial charge in [0.1, 0.15) is 46.5 Å². The van der Waals surface area contributed by atoms with Gasteiger partial charge in [-0.3, -0.25) is 19.7 Å². The number of amides is 3. The molecule has 65 heavy (non-hydrogen) atoms. The van der Waals surface area contributed by atoms with Crippen LogP contribution in [0.25, 0.3) is 0 Å². The lowest BCUT2D eigenvalue weighted by molar-refractivity contribution is -0.162. The highest BCUT2D eigenvalue weighted by Gasteiger charge is 2.64. The second-order valence-corrected chi connectivity index (χ2v) is 21.7. The summed E-state index contributed by atoms with van der Waals surface area (Å²) in [5.41, 5.74) is -0.957. The van der Waals surface area contributed by atoms with Crippen molar-refractivity contribution < 1.29 is 52.8 Å². The first-order chi connectivity index (χ1) is 30.8. The third kappa shape index (κ3) is 13.7. The highest BCUT2D eigenvalue weighted by atomic mass is 35.5. The van der Waals surface area contributed by atoms with Gasteiger partial charge in [-0.25, -0.2) is 9.59 Å². The van der Waals surface area contributed by atoms with Gasteiger partial charge in [-0.05, 0) is 64.2 Å². The van der Waals surface area contributed by atoms with E-state index in [2.05, 4.69) is 12.2 Å². The van der Waals surface area contributed by atoms with Gasteiger partial charge in [0.15, 0.2) is 5.72 Å². The van der Waals surface area contributed by atoms with Crippen molar-refractivity contribution in [1.29, 1.82) is 0 Å². The minimum Gasteiger partial charge on any atom is -0.495 e. The van der Waals surface area contributed by atoms with Crippen molar-refractivity contribution in [3.63, 3.8) is 0 Å². The average Bonchev–Trinajstić information content (AvgIpc) is 3.95. The van der Waals surface area contributed by atoms with Crippen LogP contribution in [0.3, 0.4) is 0 Å². The van der Waals surface area contributed by atoms with E-state index in [0.717, 1.165) is 43.2 Å². The number of esters is 1. The lowest BCUT2D eigenvalue weighted by atomic mass is 9.83. The SMILES string of the molecule is COc1cc2cc(c1Cl)N(C)C(=O)C[C@H](OC(=O)[C@H](C)N(C)C(=O)CCSSC(C)CCC(=O)C1CCCCCCC1)[C@@]1(C)O[C@H]1[C@H](C)[C@@H]1C[C@@](O)(NC(=O)O1)[C@H](OC)/C=C/C=C(\C)C2. The molecule has 0 spiro atoms. The van der Waals surface area contributed by atoms with Crippen molar-refractivity contribution in [2.75, 3.05) is 39.0 Å². The minimum atomic E-state index is -1.84. The molecule has 1 aliphatic carbocycles. The number of halogens is 1. The summed E-state index contributed by atoms with van der Waals surface area (Å²) in [6.45, 7) is 9.15. The van der Waals surface area contributed by atoms with E-state index in [4.69, 9.17) is 35.3 Å². The number of nitrogens with one attached hydrogen (secondary N) is 1. The maximum atomic E-state index is 14.3. The number of aliphatic hydroxyl groups is 1. The molecule has 362 valence electrons. The smallest absolute Gasteiger partial charge is 0.409 e. The largest absolute Gasteiger partial charge is 0.495 e. The van der Waals surface area contributed by atoms with Gasteiger partial charge in [-0.2, -0.15) is 0 Å². The van der Waals surface area contributed by atoms with E-state index in [1.807, 2.05) is 13.0 Å².